The maximum atomic E-state index is 13.6. The van der Waals surface area contributed by atoms with Crippen molar-refractivity contribution in [1.29, 1.82) is 0 Å². The Kier molecular flexibility index (Phi) is 6.29. The van der Waals surface area contributed by atoms with Crippen LogP contribution in [0.4, 0.5) is 0 Å². The number of carbonyl (C=O) groups excluding carboxylic acids is 2. The molecule has 11 heteroatoms. The van der Waals surface area contributed by atoms with E-state index in [0.717, 1.165) is 53.8 Å². The first-order valence-corrected chi connectivity index (χ1v) is 13.9. The van der Waals surface area contributed by atoms with Crippen LogP contribution in [0.15, 0.2) is 24.3 Å². The summed E-state index contributed by atoms with van der Waals surface area (Å²) in [7, 11) is 0. The molecule has 0 spiro atoms. The summed E-state index contributed by atoms with van der Waals surface area (Å²) in [5, 5.41) is 7.10. The van der Waals surface area contributed by atoms with Gasteiger partial charge in [0.05, 0.1) is 20.7 Å². The van der Waals surface area contributed by atoms with E-state index >= 15 is 0 Å². The molecular formula is C25H23Cl3N4O3S. The largest absolute Gasteiger partial charge is 0.378 e. The van der Waals surface area contributed by atoms with Crippen LogP contribution in [-0.2, 0) is 22.5 Å². The fourth-order valence-corrected chi connectivity index (χ4v) is 7.83. The van der Waals surface area contributed by atoms with Gasteiger partial charge in [0.15, 0.2) is 5.69 Å². The Morgan fingerprint density at radius 2 is 1.94 bits per heavy atom. The molecule has 188 valence electrons. The fourth-order valence-electron chi connectivity index (χ4n) is 6.03. The molecule has 1 saturated carbocycles. The number of hydrogen-bond donors (Lipinski definition) is 1. The summed E-state index contributed by atoms with van der Waals surface area (Å²) in [4.78, 5) is 32.9. The number of thiophene rings is 1. The van der Waals surface area contributed by atoms with E-state index in [1.165, 1.54) is 16.4 Å². The molecule has 3 unspecified atom stereocenters. The van der Waals surface area contributed by atoms with Crippen LogP contribution in [0, 0.1) is 11.8 Å². The first-order chi connectivity index (χ1) is 17.3. The van der Waals surface area contributed by atoms with E-state index in [1.807, 2.05) is 6.07 Å². The molecule has 0 radical (unpaired) electrons. The van der Waals surface area contributed by atoms with Crippen LogP contribution >= 0.6 is 46.1 Å². The number of aromatic nitrogens is 2. The Labute approximate surface area is 227 Å². The SMILES string of the molecule is NC(=O)C1C2CCCC2CN1OC(=O)c1nn(-c2ccc(Cl)cc2Cl)c2c1CCCc1sc(Cl)cc1-2. The van der Waals surface area contributed by atoms with Crippen molar-refractivity contribution in [3.05, 3.63) is 54.8 Å². The third-order valence-corrected chi connectivity index (χ3v) is 9.38. The number of benzene rings is 1. The van der Waals surface area contributed by atoms with E-state index in [4.69, 9.17) is 50.5 Å². The number of nitrogens with two attached hydrogens (primary N) is 1. The number of hydroxylamine groups is 2. The van der Waals surface area contributed by atoms with Gasteiger partial charge in [-0.25, -0.2) is 9.48 Å². The highest BCUT2D eigenvalue weighted by atomic mass is 35.5. The number of aryl methyl sites for hydroxylation is 1. The maximum Gasteiger partial charge on any atom is 0.378 e. The van der Waals surface area contributed by atoms with Gasteiger partial charge in [0.2, 0.25) is 5.91 Å². The van der Waals surface area contributed by atoms with Gasteiger partial charge in [-0.3, -0.25) is 4.79 Å². The maximum absolute atomic E-state index is 13.6. The molecule has 2 aromatic heterocycles. The Morgan fingerprint density at radius 1 is 1.11 bits per heavy atom. The van der Waals surface area contributed by atoms with Crippen molar-refractivity contribution in [2.75, 3.05) is 6.54 Å². The highest BCUT2D eigenvalue weighted by molar-refractivity contribution is 7.16. The third-order valence-electron chi connectivity index (χ3n) is 7.52. The van der Waals surface area contributed by atoms with E-state index in [0.29, 0.717) is 39.0 Å². The Bertz CT molecular complexity index is 1390. The average molecular weight is 566 g/mol. The molecule has 1 amide bonds. The van der Waals surface area contributed by atoms with Crippen molar-refractivity contribution in [1.82, 2.24) is 14.8 Å². The summed E-state index contributed by atoms with van der Waals surface area (Å²) in [6.07, 6.45) is 5.27. The minimum Gasteiger partial charge on any atom is -0.368 e. The topological polar surface area (TPSA) is 90.4 Å². The summed E-state index contributed by atoms with van der Waals surface area (Å²) in [6.45, 7) is 0.500. The summed E-state index contributed by atoms with van der Waals surface area (Å²) in [6, 6.07) is 6.44. The second kappa shape index (κ2) is 9.33. The number of nitrogens with zero attached hydrogens (tertiary/aromatic N) is 3. The van der Waals surface area contributed by atoms with Gasteiger partial charge in [-0.15, -0.1) is 16.4 Å². The molecular weight excluding hydrogens is 543 g/mol. The molecule has 2 aliphatic carbocycles. The molecule has 2 fully saturated rings. The van der Waals surface area contributed by atoms with E-state index in [1.54, 1.807) is 22.9 Å². The molecule has 1 aliphatic heterocycles. The van der Waals surface area contributed by atoms with Crippen LogP contribution < -0.4 is 5.73 Å². The first kappa shape index (κ1) is 24.2. The lowest BCUT2D eigenvalue weighted by atomic mass is 9.94. The van der Waals surface area contributed by atoms with E-state index in [-0.39, 0.29) is 11.6 Å². The highest BCUT2D eigenvalue weighted by Crippen LogP contribution is 2.44. The van der Waals surface area contributed by atoms with E-state index < -0.39 is 17.9 Å². The van der Waals surface area contributed by atoms with Crippen molar-refractivity contribution < 1.29 is 14.4 Å². The second-order valence-electron chi connectivity index (χ2n) is 9.60. The quantitative estimate of drug-likeness (QED) is 0.438. The predicted octanol–water partition coefficient (Wildman–Crippen LogP) is 5.71. The summed E-state index contributed by atoms with van der Waals surface area (Å²) < 4.78 is 2.35. The number of rotatable bonds is 4. The zero-order chi connectivity index (χ0) is 25.1. The standard InChI is InChI=1S/C25H23Cl3N4O3S/c26-13-7-8-18(17(27)9-13)32-22-15(5-2-6-19-16(22)10-20(28)36-19)21(30-32)25(34)35-31-11-12-3-1-4-14(12)23(31)24(29)33/h7-10,12,14,23H,1-6,11H2,(H2,29,33). The van der Waals surface area contributed by atoms with Crippen molar-refractivity contribution in [3.63, 3.8) is 0 Å². The molecule has 3 heterocycles. The van der Waals surface area contributed by atoms with Crippen LogP contribution in [0.2, 0.25) is 14.4 Å². The molecule has 36 heavy (non-hydrogen) atoms. The number of carbonyl (C=O) groups is 2. The van der Waals surface area contributed by atoms with Crippen molar-refractivity contribution in [2.24, 2.45) is 17.6 Å². The monoisotopic (exact) mass is 564 g/mol. The van der Waals surface area contributed by atoms with Crippen LogP contribution in [0.5, 0.6) is 0 Å². The van der Waals surface area contributed by atoms with E-state index in [2.05, 4.69) is 0 Å². The van der Waals surface area contributed by atoms with Crippen molar-refractivity contribution >= 4 is 58.0 Å². The third kappa shape index (κ3) is 4.03. The smallest absolute Gasteiger partial charge is 0.368 e. The Hall–Kier alpha value is -2.10. The second-order valence-corrected chi connectivity index (χ2v) is 12.2. The average Bonchev–Trinajstić information content (AvgIpc) is 3.54. The lowest BCUT2D eigenvalue weighted by Gasteiger charge is -2.23. The van der Waals surface area contributed by atoms with Gasteiger partial charge in [-0.1, -0.05) is 41.2 Å². The molecule has 3 aromatic rings. The normalized spacial score (nSPS) is 23.1. The van der Waals surface area contributed by atoms with Gasteiger partial charge in [0.1, 0.15) is 6.04 Å². The minimum absolute atomic E-state index is 0.119. The van der Waals surface area contributed by atoms with Crippen molar-refractivity contribution in [2.45, 2.75) is 44.6 Å². The molecule has 3 aliphatic rings. The lowest BCUT2D eigenvalue weighted by Crippen LogP contribution is -2.44. The molecule has 3 atom stereocenters. The van der Waals surface area contributed by atoms with Crippen LogP contribution in [-0.4, -0.2) is 39.3 Å². The zero-order valence-corrected chi connectivity index (χ0v) is 22.3. The summed E-state index contributed by atoms with van der Waals surface area (Å²) in [5.41, 5.74) is 8.99. The zero-order valence-electron chi connectivity index (χ0n) is 19.2. The lowest BCUT2D eigenvalue weighted by molar-refractivity contribution is -0.149. The van der Waals surface area contributed by atoms with Gasteiger partial charge in [0.25, 0.3) is 0 Å². The molecule has 6 rings (SSSR count). The Morgan fingerprint density at radius 3 is 2.72 bits per heavy atom. The highest BCUT2D eigenvalue weighted by Gasteiger charge is 2.49. The van der Waals surface area contributed by atoms with Gasteiger partial charge in [-0.2, -0.15) is 5.10 Å². The molecule has 1 aromatic carbocycles. The van der Waals surface area contributed by atoms with E-state index in [9.17, 15) is 9.59 Å². The fraction of sp³-hybridized carbons (Fsp3) is 0.400. The number of fused-ring (bicyclic) bond motifs is 4. The molecule has 7 nitrogen and oxygen atoms in total. The van der Waals surface area contributed by atoms with Crippen LogP contribution in [0.3, 0.4) is 0 Å². The van der Waals surface area contributed by atoms with Gasteiger partial charge in [-0.05, 0) is 68.2 Å². The molecule has 0 bridgehead atoms. The van der Waals surface area contributed by atoms with Crippen LogP contribution in [0.25, 0.3) is 16.9 Å². The number of primary amides is 1. The van der Waals surface area contributed by atoms with Gasteiger partial charge < -0.3 is 10.6 Å². The molecule has 2 N–H and O–H groups in total. The predicted molar refractivity (Wildman–Crippen MR) is 140 cm³/mol. The number of hydrogen-bond acceptors (Lipinski definition) is 6. The Balaban J connectivity index is 1.44. The van der Waals surface area contributed by atoms with Gasteiger partial charge >= 0.3 is 5.97 Å². The number of amides is 1. The van der Waals surface area contributed by atoms with Crippen LogP contribution in [0.1, 0.15) is 46.6 Å². The van der Waals surface area contributed by atoms with Gasteiger partial charge in [0, 0.05) is 27.6 Å². The minimum atomic E-state index is -0.616. The summed E-state index contributed by atoms with van der Waals surface area (Å²) in [5.74, 6) is -0.653. The summed E-state index contributed by atoms with van der Waals surface area (Å²) >= 11 is 20.6. The van der Waals surface area contributed by atoms with Crippen molar-refractivity contribution in [3.8, 4) is 16.9 Å². The number of halogens is 3. The first-order valence-electron chi connectivity index (χ1n) is 12.0. The molecule has 1 saturated heterocycles.